The quantitative estimate of drug-likeness (QED) is 0.524. The Balaban J connectivity index is 1.43. The fourth-order valence-electron chi connectivity index (χ4n) is 4.54. The number of amides is 3. The monoisotopic (exact) mass is 443 g/mol. The normalized spacial score (nSPS) is 20.4. The van der Waals surface area contributed by atoms with Crippen LogP contribution in [0.4, 0.5) is 9.18 Å². The van der Waals surface area contributed by atoms with E-state index >= 15 is 0 Å². The number of nitrogens with zero attached hydrogens (tertiary/aromatic N) is 2. The van der Waals surface area contributed by atoms with Gasteiger partial charge in [0, 0.05) is 19.0 Å². The minimum atomic E-state index is -1.15. The van der Waals surface area contributed by atoms with Crippen molar-refractivity contribution in [2.24, 2.45) is 0 Å². The van der Waals surface area contributed by atoms with Gasteiger partial charge in [0.05, 0.1) is 6.67 Å². The molecule has 0 aromatic heterocycles. The molecule has 168 valence electrons. The summed E-state index contributed by atoms with van der Waals surface area (Å²) in [4.78, 5) is 30.5. The van der Waals surface area contributed by atoms with Crippen molar-refractivity contribution < 1.29 is 14.0 Å². The predicted octanol–water partition coefficient (Wildman–Crippen LogP) is 4.44. The highest BCUT2D eigenvalue weighted by atomic mass is 19.1. The Labute approximate surface area is 192 Å². The molecule has 5 nitrogen and oxygen atoms in total. The van der Waals surface area contributed by atoms with Crippen LogP contribution in [0.1, 0.15) is 29.5 Å². The van der Waals surface area contributed by atoms with Crippen LogP contribution in [0.25, 0.3) is 0 Å². The van der Waals surface area contributed by atoms with E-state index in [0.29, 0.717) is 19.0 Å². The highest BCUT2D eigenvalue weighted by molar-refractivity contribution is 6.07. The molecule has 3 amide bonds. The van der Waals surface area contributed by atoms with Gasteiger partial charge in [-0.05, 0) is 41.7 Å². The molecular weight excluding hydrogens is 417 g/mol. The highest BCUT2D eigenvalue weighted by Crippen LogP contribution is 2.35. The van der Waals surface area contributed by atoms with Gasteiger partial charge in [-0.1, -0.05) is 72.8 Å². The zero-order valence-electron chi connectivity index (χ0n) is 18.3. The van der Waals surface area contributed by atoms with E-state index in [0.717, 1.165) is 29.5 Å². The number of hydrogen-bond acceptors (Lipinski definition) is 3. The Bertz CT molecular complexity index is 1130. The summed E-state index contributed by atoms with van der Waals surface area (Å²) in [5.41, 5.74) is 1.55. The molecule has 1 aliphatic carbocycles. The number of benzene rings is 3. The van der Waals surface area contributed by atoms with Gasteiger partial charge in [0.25, 0.3) is 5.91 Å². The Morgan fingerprint density at radius 1 is 0.879 bits per heavy atom. The third kappa shape index (κ3) is 4.39. The molecule has 1 heterocycles. The minimum Gasteiger partial charge on any atom is -0.319 e. The van der Waals surface area contributed by atoms with Gasteiger partial charge >= 0.3 is 6.03 Å². The van der Waals surface area contributed by atoms with E-state index in [1.165, 1.54) is 17.0 Å². The molecule has 2 fully saturated rings. The fourth-order valence-corrected chi connectivity index (χ4v) is 4.54. The lowest BCUT2D eigenvalue weighted by Crippen LogP contribution is -2.47. The maximum Gasteiger partial charge on any atom is 0.326 e. The summed E-state index contributed by atoms with van der Waals surface area (Å²) < 4.78 is 13.3. The van der Waals surface area contributed by atoms with Gasteiger partial charge in [-0.2, -0.15) is 0 Å². The topological polar surface area (TPSA) is 52.7 Å². The van der Waals surface area contributed by atoms with Gasteiger partial charge in [0.2, 0.25) is 0 Å². The van der Waals surface area contributed by atoms with E-state index in [4.69, 9.17) is 0 Å². The van der Waals surface area contributed by atoms with Gasteiger partial charge < -0.3 is 5.32 Å². The summed E-state index contributed by atoms with van der Waals surface area (Å²) in [6.45, 7) is 0.759. The Hall–Kier alpha value is -3.51. The maximum absolute atomic E-state index is 13.9. The summed E-state index contributed by atoms with van der Waals surface area (Å²) >= 11 is 0. The summed E-state index contributed by atoms with van der Waals surface area (Å²) in [6, 6.07) is 25.5. The highest BCUT2D eigenvalue weighted by Gasteiger charge is 2.53. The van der Waals surface area contributed by atoms with Gasteiger partial charge in [-0.3, -0.25) is 9.69 Å². The standard InChI is InChI=1S/C27H26FN3O2/c28-23-13-11-21(12-14-23)18-30(24-15-16-24)19-31-25(32)27(29-26(31)33,22-9-5-2-6-10-22)17-20-7-3-1-4-8-20/h1-14,24H,15-19H2,(H,29,33)/t27-/m0/s1. The molecule has 2 aliphatic rings. The largest absolute Gasteiger partial charge is 0.326 e. The maximum atomic E-state index is 13.9. The molecule has 1 N–H and O–H groups in total. The van der Waals surface area contributed by atoms with Crippen LogP contribution in [-0.2, 0) is 23.3 Å². The van der Waals surface area contributed by atoms with Crippen molar-refractivity contribution in [2.45, 2.75) is 37.4 Å². The number of carbonyl (C=O) groups excluding carboxylic acids is 2. The van der Waals surface area contributed by atoms with E-state index in [1.807, 2.05) is 60.7 Å². The first-order chi connectivity index (χ1) is 16.0. The fraction of sp³-hybridized carbons (Fsp3) is 0.259. The second kappa shape index (κ2) is 8.79. The summed E-state index contributed by atoms with van der Waals surface area (Å²) in [5, 5.41) is 3.03. The Morgan fingerprint density at radius 3 is 2.15 bits per heavy atom. The van der Waals surface area contributed by atoms with Crippen LogP contribution in [0, 0.1) is 5.82 Å². The van der Waals surface area contributed by atoms with Crippen molar-refractivity contribution in [3.05, 3.63) is 107 Å². The minimum absolute atomic E-state index is 0.204. The van der Waals surface area contributed by atoms with Crippen molar-refractivity contribution in [1.29, 1.82) is 0 Å². The molecule has 6 heteroatoms. The first-order valence-electron chi connectivity index (χ1n) is 11.3. The molecule has 1 saturated carbocycles. The number of hydrogen-bond donors (Lipinski definition) is 1. The van der Waals surface area contributed by atoms with Crippen LogP contribution in [0.3, 0.4) is 0 Å². The summed E-state index contributed by atoms with van der Waals surface area (Å²) in [5.74, 6) is -0.522. The zero-order valence-corrected chi connectivity index (χ0v) is 18.3. The molecule has 5 rings (SSSR count). The molecule has 3 aromatic carbocycles. The summed E-state index contributed by atoms with van der Waals surface area (Å²) in [7, 11) is 0. The predicted molar refractivity (Wildman–Crippen MR) is 123 cm³/mol. The molecule has 33 heavy (non-hydrogen) atoms. The lowest BCUT2D eigenvalue weighted by Gasteiger charge is -2.29. The van der Waals surface area contributed by atoms with Crippen molar-refractivity contribution >= 4 is 11.9 Å². The molecule has 0 unspecified atom stereocenters. The first kappa shape index (κ1) is 21.3. The van der Waals surface area contributed by atoms with Crippen molar-refractivity contribution in [3.8, 4) is 0 Å². The number of nitrogens with one attached hydrogen (secondary N) is 1. The van der Waals surface area contributed by atoms with Crippen LogP contribution < -0.4 is 5.32 Å². The number of urea groups is 1. The third-order valence-electron chi connectivity index (χ3n) is 6.44. The molecule has 1 aliphatic heterocycles. The van der Waals surface area contributed by atoms with E-state index in [2.05, 4.69) is 10.2 Å². The smallest absolute Gasteiger partial charge is 0.319 e. The number of halogens is 1. The molecule has 0 bridgehead atoms. The second-order valence-corrected chi connectivity index (χ2v) is 8.84. The van der Waals surface area contributed by atoms with E-state index in [1.54, 1.807) is 12.1 Å². The van der Waals surface area contributed by atoms with Crippen molar-refractivity contribution in [2.75, 3.05) is 6.67 Å². The summed E-state index contributed by atoms with van der Waals surface area (Å²) in [6.07, 6.45) is 2.43. The molecular formula is C27H26FN3O2. The Morgan fingerprint density at radius 2 is 1.52 bits per heavy atom. The molecule has 0 spiro atoms. The van der Waals surface area contributed by atoms with Gasteiger partial charge in [-0.25, -0.2) is 14.1 Å². The average molecular weight is 444 g/mol. The lowest BCUT2D eigenvalue weighted by atomic mass is 9.83. The van der Waals surface area contributed by atoms with Crippen LogP contribution >= 0.6 is 0 Å². The lowest BCUT2D eigenvalue weighted by molar-refractivity contribution is -0.133. The third-order valence-corrected chi connectivity index (χ3v) is 6.44. The van der Waals surface area contributed by atoms with Crippen LogP contribution in [-0.4, -0.2) is 34.4 Å². The van der Waals surface area contributed by atoms with Gasteiger partial charge in [0.1, 0.15) is 5.82 Å². The molecule has 1 saturated heterocycles. The SMILES string of the molecule is O=C1N[C@@](Cc2ccccc2)(c2ccccc2)C(=O)N1CN(Cc1ccc(F)cc1)C1CC1. The molecule has 1 atom stereocenters. The Kier molecular flexibility index (Phi) is 5.68. The molecule has 3 aromatic rings. The number of carbonyl (C=O) groups is 2. The first-order valence-corrected chi connectivity index (χ1v) is 11.3. The second-order valence-electron chi connectivity index (χ2n) is 8.84. The van der Waals surface area contributed by atoms with Crippen molar-refractivity contribution in [3.63, 3.8) is 0 Å². The van der Waals surface area contributed by atoms with Crippen LogP contribution in [0.5, 0.6) is 0 Å². The van der Waals surface area contributed by atoms with E-state index in [-0.39, 0.29) is 24.4 Å². The number of rotatable bonds is 8. The molecule has 0 radical (unpaired) electrons. The van der Waals surface area contributed by atoms with Crippen LogP contribution in [0.15, 0.2) is 84.9 Å². The van der Waals surface area contributed by atoms with E-state index in [9.17, 15) is 14.0 Å². The van der Waals surface area contributed by atoms with E-state index < -0.39 is 5.54 Å². The van der Waals surface area contributed by atoms with Gasteiger partial charge in [-0.15, -0.1) is 0 Å². The van der Waals surface area contributed by atoms with Crippen molar-refractivity contribution in [1.82, 2.24) is 15.1 Å². The van der Waals surface area contributed by atoms with Crippen LogP contribution in [0.2, 0.25) is 0 Å². The average Bonchev–Trinajstić information content (AvgIpc) is 3.65. The number of imide groups is 1. The van der Waals surface area contributed by atoms with Gasteiger partial charge in [0.15, 0.2) is 5.54 Å². The zero-order chi connectivity index (χ0) is 22.8.